The van der Waals surface area contributed by atoms with E-state index in [0.717, 1.165) is 29.5 Å². The lowest BCUT2D eigenvalue weighted by Crippen LogP contribution is -2.49. The first-order valence-electron chi connectivity index (χ1n) is 10.6. The fourth-order valence-electron chi connectivity index (χ4n) is 4.62. The summed E-state index contributed by atoms with van der Waals surface area (Å²) >= 11 is 0. The Balaban J connectivity index is 2.29. The average molecular weight is 430 g/mol. The zero-order valence-electron chi connectivity index (χ0n) is 18.1. The monoisotopic (exact) mass is 429 g/mol. The lowest BCUT2D eigenvalue weighted by atomic mass is 9.77. The maximum atomic E-state index is 14.1. The topological polar surface area (TPSA) is 74.7 Å². The predicted octanol–water partition coefficient (Wildman–Crippen LogP) is 5.58. The van der Waals surface area contributed by atoms with Crippen molar-refractivity contribution < 1.29 is 17.8 Å². The molecule has 3 rings (SSSR count). The molecule has 2 aromatic carbocycles. The van der Waals surface area contributed by atoms with E-state index in [-0.39, 0.29) is 11.8 Å². The van der Waals surface area contributed by atoms with Gasteiger partial charge in [-0.05, 0) is 41.4 Å². The molecule has 0 unspecified atom stereocenters. The van der Waals surface area contributed by atoms with Gasteiger partial charge in [-0.15, -0.1) is 0 Å². The van der Waals surface area contributed by atoms with E-state index in [4.69, 9.17) is 0 Å². The van der Waals surface area contributed by atoms with Crippen molar-refractivity contribution >= 4 is 21.9 Å². The lowest BCUT2D eigenvalue weighted by molar-refractivity contribution is -0.122. The molecule has 1 aliphatic carbocycles. The highest BCUT2D eigenvalue weighted by atomic mass is 32.2. The third-order valence-corrected chi connectivity index (χ3v) is 6.96. The molecule has 6 heteroatoms. The maximum Gasteiger partial charge on any atom is 0.366 e. The number of anilines is 1. The van der Waals surface area contributed by atoms with Crippen molar-refractivity contribution in [2.75, 3.05) is 4.31 Å². The van der Waals surface area contributed by atoms with E-state index in [1.165, 1.54) is 0 Å². The van der Waals surface area contributed by atoms with Gasteiger partial charge in [-0.3, -0.25) is 9.35 Å². The minimum Gasteiger partial charge on any atom is -0.272 e. The molecule has 5 nitrogen and oxygen atoms in total. The smallest absolute Gasteiger partial charge is 0.272 e. The van der Waals surface area contributed by atoms with Gasteiger partial charge in [0.25, 0.3) is 5.91 Å². The third kappa shape index (κ3) is 4.03. The molecule has 0 aromatic heterocycles. The molecule has 1 fully saturated rings. The molecule has 2 aromatic rings. The summed E-state index contributed by atoms with van der Waals surface area (Å²) < 4.78 is 36.4. The van der Waals surface area contributed by atoms with Crippen molar-refractivity contribution in [1.82, 2.24) is 0 Å². The van der Waals surface area contributed by atoms with Crippen LogP contribution >= 0.6 is 0 Å². The molecular formula is C24H31NO4S. The van der Waals surface area contributed by atoms with Crippen molar-refractivity contribution in [3.05, 3.63) is 65.2 Å². The second-order valence-electron chi connectivity index (χ2n) is 8.80. The quantitative estimate of drug-likeness (QED) is 0.608. The first-order valence-corrected chi connectivity index (χ1v) is 12.0. The van der Waals surface area contributed by atoms with E-state index in [1.54, 1.807) is 0 Å². The Labute approximate surface area is 180 Å². The molecule has 1 aliphatic rings. The molecule has 0 radical (unpaired) electrons. The summed E-state index contributed by atoms with van der Waals surface area (Å²) in [4.78, 5) is 14.1. The molecule has 0 aliphatic heterocycles. The van der Waals surface area contributed by atoms with Crippen molar-refractivity contribution in [3.63, 3.8) is 0 Å². The van der Waals surface area contributed by atoms with Crippen LogP contribution in [-0.2, 0) is 20.5 Å². The first kappa shape index (κ1) is 22.5. The molecule has 1 amide bonds. The molecule has 0 spiro atoms. The van der Waals surface area contributed by atoms with Crippen LogP contribution in [0.15, 0.2) is 48.5 Å². The van der Waals surface area contributed by atoms with Crippen molar-refractivity contribution in [1.29, 1.82) is 0 Å². The normalized spacial score (nSPS) is 16.2. The number of carbonyl (C=O) groups is 1. The Bertz CT molecular complexity index is 981. The van der Waals surface area contributed by atoms with Gasteiger partial charge in [0, 0.05) is 0 Å². The molecular weight excluding hydrogens is 398 g/mol. The van der Waals surface area contributed by atoms with Gasteiger partial charge in [-0.25, -0.2) is 0 Å². The van der Waals surface area contributed by atoms with Gasteiger partial charge in [0.05, 0.1) is 11.1 Å². The van der Waals surface area contributed by atoms with Crippen LogP contribution in [0.4, 0.5) is 5.69 Å². The van der Waals surface area contributed by atoms with Crippen molar-refractivity contribution in [2.45, 2.75) is 70.6 Å². The van der Waals surface area contributed by atoms with E-state index in [2.05, 4.69) is 0 Å². The van der Waals surface area contributed by atoms with Crippen LogP contribution in [0.2, 0.25) is 0 Å². The Morgan fingerprint density at radius 1 is 0.900 bits per heavy atom. The van der Waals surface area contributed by atoms with Crippen LogP contribution in [0, 0.1) is 0 Å². The van der Waals surface area contributed by atoms with Gasteiger partial charge in [-0.1, -0.05) is 89.1 Å². The van der Waals surface area contributed by atoms with Gasteiger partial charge in [0.15, 0.2) is 0 Å². The molecule has 0 saturated heterocycles. The summed E-state index contributed by atoms with van der Waals surface area (Å²) in [6.07, 6.45) is 2.79. The van der Waals surface area contributed by atoms with Gasteiger partial charge >= 0.3 is 10.3 Å². The van der Waals surface area contributed by atoms with Crippen LogP contribution in [0.1, 0.15) is 81.9 Å². The summed E-state index contributed by atoms with van der Waals surface area (Å²) in [5, 5.41) is 0. The number of carbonyl (C=O) groups excluding carboxylic acids is 1. The second-order valence-corrected chi connectivity index (χ2v) is 10.1. The van der Waals surface area contributed by atoms with E-state index < -0.39 is 21.6 Å². The highest BCUT2D eigenvalue weighted by Crippen LogP contribution is 2.46. The highest BCUT2D eigenvalue weighted by Gasteiger charge is 2.49. The fraction of sp³-hybridized carbons (Fsp3) is 0.458. The Hall–Kier alpha value is -2.18. The standard InChI is InChI=1S/C24H31NO4S/c1-17(2)20-13-10-14-21(18(3)4)22(20)25(30(27,28)29)23(26)24(15-8-9-16-24)19-11-6-5-7-12-19/h5-7,10-14,17-18H,8-9,15-16H2,1-4H3,(H,27,28,29). The van der Waals surface area contributed by atoms with Crippen molar-refractivity contribution in [2.24, 2.45) is 0 Å². The number of para-hydroxylation sites is 1. The molecule has 30 heavy (non-hydrogen) atoms. The molecule has 1 N–H and O–H groups in total. The summed E-state index contributed by atoms with van der Waals surface area (Å²) in [5.74, 6) is -0.609. The lowest BCUT2D eigenvalue weighted by Gasteiger charge is -2.35. The molecule has 0 bridgehead atoms. The fourth-order valence-corrected chi connectivity index (χ4v) is 5.45. The number of amides is 1. The summed E-state index contributed by atoms with van der Waals surface area (Å²) in [6, 6.07) is 14.9. The Kier molecular flexibility index (Phi) is 6.39. The Morgan fingerprint density at radius 3 is 1.83 bits per heavy atom. The van der Waals surface area contributed by atoms with Crippen LogP contribution in [-0.4, -0.2) is 18.9 Å². The van der Waals surface area contributed by atoms with Crippen LogP contribution in [0.3, 0.4) is 0 Å². The number of benzene rings is 2. The van der Waals surface area contributed by atoms with Gasteiger partial charge in [-0.2, -0.15) is 12.7 Å². The average Bonchev–Trinajstić information content (AvgIpc) is 3.18. The summed E-state index contributed by atoms with van der Waals surface area (Å²) in [6.45, 7) is 7.83. The first-order chi connectivity index (χ1) is 14.1. The van der Waals surface area contributed by atoms with Gasteiger partial charge < -0.3 is 0 Å². The van der Waals surface area contributed by atoms with E-state index in [0.29, 0.717) is 22.8 Å². The number of nitrogens with zero attached hydrogens (tertiary/aromatic N) is 1. The number of hydrogen-bond acceptors (Lipinski definition) is 3. The minimum absolute atomic E-state index is 0.0213. The maximum absolute atomic E-state index is 14.1. The van der Waals surface area contributed by atoms with E-state index >= 15 is 0 Å². The Morgan fingerprint density at radius 2 is 1.40 bits per heavy atom. The number of hydrogen-bond donors (Lipinski definition) is 1. The van der Waals surface area contributed by atoms with E-state index in [9.17, 15) is 17.8 Å². The molecule has 0 atom stereocenters. The predicted molar refractivity (Wildman–Crippen MR) is 120 cm³/mol. The van der Waals surface area contributed by atoms with Crippen molar-refractivity contribution in [3.8, 4) is 0 Å². The summed E-state index contributed by atoms with van der Waals surface area (Å²) in [7, 11) is -4.83. The summed E-state index contributed by atoms with van der Waals surface area (Å²) in [5.41, 5.74) is 1.60. The molecule has 0 heterocycles. The largest absolute Gasteiger partial charge is 0.366 e. The van der Waals surface area contributed by atoms with Gasteiger partial charge in [0.1, 0.15) is 0 Å². The minimum atomic E-state index is -4.83. The zero-order valence-corrected chi connectivity index (χ0v) is 18.9. The second kappa shape index (κ2) is 8.52. The zero-order chi connectivity index (χ0) is 22.1. The van der Waals surface area contributed by atoms with Crippen LogP contribution < -0.4 is 4.31 Å². The van der Waals surface area contributed by atoms with Gasteiger partial charge in [0.2, 0.25) is 0 Å². The molecule has 162 valence electrons. The molecule has 1 saturated carbocycles. The van der Waals surface area contributed by atoms with E-state index in [1.807, 2.05) is 76.2 Å². The third-order valence-electron chi connectivity index (χ3n) is 6.15. The number of rotatable bonds is 6. The SMILES string of the molecule is CC(C)c1cccc(C(C)C)c1N(C(=O)C1(c2ccccc2)CCCC1)S(=O)(=O)O. The van der Waals surface area contributed by atoms with Crippen LogP contribution in [0.25, 0.3) is 0 Å². The highest BCUT2D eigenvalue weighted by molar-refractivity contribution is 7.88. The van der Waals surface area contributed by atoms with Crippen LogP contribution in [0.5, 0.6) is 0 Å².